The SMILES string of the molecule is COc1c(Nc2cc(NC(=O)OF)nc3nc(C)[nH]c23)cccc1-c1ncn(C)n1. The van der Waals surface area contributed by atoms with Crippen molar-refractivity contribution in [2.45, 2.75) is 6.92 Å². The molecule has 12 heteroatoms. The smallest absolute Gasteiger partial charge is 0.450 e. The zero-order chi connectivity index (χ0) is 21.3. The second kappa shape index (κ2) is 7.66. The number of hydrogen-bond acceptors (Lipinski definition) is 8. The third-order valence-corrected chi connectivity index (χ3v) is 4.21. The predicted molar refractivity (Wildman–Crippen MR) is 106 cm³/mol. The first kappa shape index (κ1) is 19.1. The van der Waals surface area contributed by atoms with Gasteiger partial charge in [-0.3, -0.25) is 10.00 Å². The van der Waals surface area contributed by atoms with Crippen LogP contribution in [-0.4, -0.2) is 42.9 Å². The van der Waals surface area contributed by atoms with Gasteiger partial charge in [0.2, 0.25) is 0 Å². The van der Waals surface area contributed by atoms with Crippen LogP contribution in [-0.2, 0) is 12.0 Å². The van der Waals surface area contributed by atoms with Crippen molar-refractivity contribution in [1.82, 2.24) is 29.7 Å². The summed E-state index contributed by atoms with van der Waals surface area (Å²) in [5.41, 5.74) is 2.75. The lowest BCUT2D eigenvalue weighted by atomic mass is 10.1. The minimum Gasteiger partial charge on any atom is -0.494 e. The Balaban J connectivity index is 1.79. The molecule has 1 amide bonds. The minimum absolute atomic E-state index is 0.0562. The Hall–Kier alpha value is -4.22. The molecule has 0 unspecified atom stereocenters. The van der Waals surface area contributed by atoms with Gasteiger partial charge in [0.15, 0.2) is 17.2 Å². The molecule has 0 aliphatic heterocycles. The molecule has 4 rings (SSSR count). The minimum atomic E-state index is -1.29. The molecule has 0 fully saturated rings. The van der Waals surface area contributed by atoms with Gasteiger partial charge in [-0.2, -0.15) is 5.10 Å². The first-order chi connectivity index (χ1) is 14.5. The summed E-state index contributed by atoms with van der Waals surface area (Å²) in [6.45, 7) is 1.77. The maximum absolute atomic E-state index is 12.1. The molecular formula is C18H17FN8O3. The van der Waals surface area contributed by atoms with E-state index in [1.165, 1.54) is 6.07 Å². The van der Waals surface area contributed by atoms with Crippen LogP contribution in [0.1, 0.15) is 5.82 Å². The number of methoxy groups -OCH3 is 1. The molecule has 3 heterocycles. The number of carbonyl (C=O) groups excluding carboxylic acids is 1. The van der Waals surface area contributed by atoms with E-state index in [1.54, 1.807) is 32.1 Å². The number of nitrogens with zero attached hydrogens (tertiary/aromatic N) is 5. The second-order valence-electron chi connectivity index (χ2n) is 6.32. The van der Waals surface area contributed by atoms with Gasteiger partial charge >= 0.3 is 6.09 Å². The van der Waals surface area contributed by atoms with E-state index in [-0.39, 0.29) is 5.82 Å². The van der Waals surface area contributed by atoms with Crippen molar-refractivity contribution in [2.75, 3.05) is 17.7 Å². The number of imidazole rings is 1. The number of para-hydroxylation sites is 1. The summed E-state index contributed by atoms with van der Waals surface area (Å²) in [6.07, 6.45) is 0.303. The Morgan fingerprint density at radius 2 is 2.10 bits per heavy atom. The molecule has 30 heavy (non-hydrogen) atoms. The molecule has 4 aromatic rings. The van der Waals surface area contributed by atoms with Gasteiger partial charge in [0.1, 0.15) is 23.5 Å². The Labute approximate surface area is 169 Å². The number of rotatable bonds is 5. The zero-order valence-corrected chi connectivity index (χ0v) is 16.2. The molecule has 0 radical (unpaired) electrons. The topological polar surface area (TPSA) is 132 Å². The maximum Gasteiger partial charge on any atom is 0.450 e. The molecule has 3 N–H and O–H groups in total. The number of ether oxygens (including phenoxy) is 1. The third kappa shape index (κ3) is 3.57. The Kier molecular flexibility index (Phi) is 4.88. The lowest BCUT2D eigenvalue weighted by molar-refractivity contribution is -0.0544. The zero-order valence-electron chi connectivity index (χ0n) is 16.2. The number of hydrogen-bond donors (Lipinski definition) is 3. The number of carbonyl (C=O) groups is 1. The van der Waals surface area contributed by atoms with Crippen molar-refractivity contribution in [1.29, 1.82) is 0 Å². The molecule has 154 valence electrons. The largest absolute Gasteiger partial charge is 0.494 e. The first-order valence-electron chi connectivity index (χ1n) is 8.75. The molecular weight excluding hydrogens is 395 g/mol. The molecule has 0 saturated heterocycles. The van der Waals surface area contributed by atoms with Crippen molar-refractivity contribution in [3.63, 3.8) is 0 Å². The maximum atomic E-state index is 12.1. The van der Waals surface area contributed by atoms with Gasteiger partial charge in [0.25, 0.3) is 0 Å². The second-order valence-corrected chi connectivity index (χ2v) is 6.32. The van der Waals surface area contributed by atoms with E-state index >= 15 is 0 Å². The molecule has 0 aliphatic carbocycles. The van der Waals surface area contributed by atoms with Gasteiger partial charge in [0.05, 0.1) is 24.0 Å². The molecule has 1 aromatic carbocycles. The van der Waals surface area contributed by atoms with Crippen LogP contribution in [0.15, 0.2) is 30.6 Å². The van der Waals surface area contributed by atoms with Crippen LogP contribution in [0.2, 0.25) is 0 Å². The summed E-state index contributed by atoms with van der Waals surface area (Å²) in [6, 6.07) is 6.99. The quantitative estimate of drug-likeness (QED) is 0.455. The van der Waals surface area contributed by atoms with Gasteiger partial charge < -0.3 is 15.0 Å². The predicted octanol–water partition coefficient (Wildman–Crippen LogP) is 3.25. The average Bonchev–Trinajstić information content (AvgIpc) is 3.32. The normalized spacial score (nSPS) is 10.8. The van der Waals surface area contributed by atoms with Crippen LogP contribution in [0.4, 0.5) is 26.5 Å². The molecule has 11 nitrogen and oxygen atoms in total. The van der Waals surface area contributed by atoms with E-state index in [1.807, 2.05) is 18.2 Å². The summed E-state index contributed by atoms with van der Waals surface area (Å²) in [7, 11) is 3.32. The molecule has 0 spiro atoms. The number of aryl methyl sites for hydroxylation is 2. The lowest BCUT2D eigenvalue weighted by Crippen LogP contribution is -2.11. The number of aromatic amines is 1. The Morgan fingerprint density at radius 1 is 1.27 bits per heavy atom. The number of benzene rings is 1. The summed E-state index contributed by atoms with van der Waals surface area (Å²) >= 11 is 0. The van der Waals surface area contributed by atoms with Gasteiger partial charge in [-0.05, 0) is 19.1 Å². The number of halogens is 1. The van der Waals surface area contributed by atoms with Gasteiger partial charge in [-0.25, -0.2) is 24.7 Å². The van der Waals surface area contributed by atoms with Crippen LogP contribution in [0.3, 0.4) is 0 Å². The molecule has 0 atom stereocenters. The third-order valence-electron chi connectivity index (χ3n) is 4.21. The van der Waals surface area contributed by atoms with Crippen molar-refractivity contribution >= 4 is 34.4 Å². The highest BCUT2D eigenvalue weighted by Gasteiger charge is 2.17. The molecule has 0 bridgehead atoms. The summed E-state index contributed by atoms with van der Waals surface area (Å²) in [4.78, 5) is 30.3. The van der Waals surface area contributed by atoms with Crippen LogP contribution < -0.4 is 15.4 Å². The van der Waals surface area contributed by atoms with Crippen LogP contribution >= 0.6 is 0 Å². The Morgan fingerprint density at radius 3 is 2.80 bits per heavy atom. The fourth-order valence-electron chi connectivity index (χ4n) is 3.03. The van der Waals surface area contributed by atoms with E-state index < -0.39 is 6.09 Å². The van der Waals surface area contributed by atoms with Crippen LogP contribution in [0.5, 0.6) is 5.75 Å². The van der Waals surface area contributed by atoms with E-state index in [9.17, 15) is 9.32 Å². The highest BCUT2D eigenvalue weighted by molar-refractivity contribution is 5.94. The molecule has 0 aliphatic rings. The number of amides is 1. The summed E-state index contributed by atoms with van der Waals surface area (Å²) in [5, 5.41) is 9.76. The van der Waals surface area contributed by atoms with Crippen molar-refractivity contribution < 1.29 is 19.0 Å². The number of fused-ring (bicyclic) bond motifs is 1. The van der Waals surface area contributed by atoms with Crippen molar-refractivity contribution in [3.05, 3.63) is 36.4 Å². The molecule has 3 aromatic heterocycles. The van der Waals surface area contributed by atoms with E-state index in [2.05, 4.69) is 40.6 Å². The van der Waals surface area contributed by atoms with Gasteiger partial charge in [-0.15, -0.1) is 0 Å². The number of H-pyrrole nitrogens is 1. The van der Waals surface area contributed by atoms with Crippen LogP contribution in [0, 0.1) is 6.92 Å². The van der Waals surface area contributed by atoms with Crippen molar-refractivity contribution in [3.8, 4) is 17.1 Å². The number of aromatic nitrogens is 6. The summed E-state index contributed by atoms with van der Waals surface area (Å²) < 4.78 is 19.3. The number of pyridine rings is 1. The average molecular weight is 412 g/mol. The van der Waals surface area contributed by atoms with Crippen molar-refractivity contribution in [2.24, 2.45) is 7.05 Å². The van der Waals surface area contributed by atoms with E-state index in [0.717, 1.165) is 0 Å². The van der Waals surface area contributed by atoms with E-state index in [0.29, 0.717) is 45.5 Å². The van der Waals surface area contributed by atoms with E-state index in [4.69, 9.17) is 4.74 Å². The van der Waals surface area contributed by atoms with Crippen LogP contribution in [0.25, 0.3) is 22.6 Å². The lowest BCUT2D eigenvalue weighted by Gasteiger charge is -2.15. The Bertz CT molecular complexity index is 1240. The van der Waals surface area contributed by atoms with Gasteiger partial charge in [-0.1, -0.05) is 6.07 Å². The highest BCUT2D eigenvalue weighted by Crippen LogP contribution is 2.37. The van der Waals surface area contributed by atoms with Gasteiger partial charge in [0, 0.05) is 17.6 Å². The monoisotopic (exact) mass is 412 g/mol. The fraction of sp³-hybridized carbons (Fsp3) is 0.167. The number of nitrogens with one attached hydrogen (secondary N) is 3. The standard InChI is InChI=1S/C18H17FN8O3/c1-9-21-14-12(7-13(24-17(14)22-9)25-18(28)30-19)23-11-6-4-5-10(15(11)29-3)16-20-8-27(2)26-16/h4-8H,1-3H3,(H3,21,22,23,24,25,28). The first-order valence-corrected chi connectivity index (χ1v) is 8.75. The fourth-order valence-corrected chi connectivity index (χ4v) is 3.03. The molecule has 0 saturated carbocycles. The highest BCUT2D eigenvalue weighted by atomic mass is 19.3. The summed E-state index contributed by atoms with van der Waals surface area (Å²) in [5.74, 6) is 1.69. The number of anilines is 3.